The molecule has 5 nitrogen and oxygen atoms in total. The molecule has 2 saturated carbocycles. The minimum absolute atomic E-state index is 0. The van der Waals surface area contributed by atoms with Gasteiger partial charge in [0.15, 0.2) is 5.96 Å². The topological polar surface area (TPSA) is 41.8 Å². The normalized spacial score (nSPS) is 24.8. The van der Waals surface area contributed by atoms with Gasteiger partial charge in [-0.2, -0.15) is 0 Å². The molecule has 0 aliphatic heterocycles. The Morgan fingerprint density at radius 1 is 1.50 bits per heavy atom. The van der Waals surface area contributed by atoms with E-state index in [1.54, 1.807) is 0 Å². The minimum atomic E-state index is 0. The molecule has 1 aromatic rings. The first kappa shape index (κ1) is 19.6. The summed E-state index contributed by atoms with van der Waals surface area (Å²) in [7, 11) is 6.06. The quantitative estimate of drug-likeness (QED) is 0.430. The third-order valence-corrected chi connectivity index (χ3v) is 5.76. The molecule has 0 saturated heterocycles. The van der Waals surface area contributed by atoms with Crippen molar-refractivity contribution < 1.29 is 4.74 Å². The van der Waals surface area contributed by atoms with Crippen molar-refractivity contribution in [3.8, 4) is 0 Å². The van der Waals surface area contributed by atoms with Crippen molar-refractivity contribution in [1.82, 2.24) is 14.8 Å². The van der Waals surface area contributed by atoms with Gasteiger partial charge < -0.3 is 19.5 Å². The van der Waals surface area contributed by atoms with Crippen LogP contribution in [0.2, 0.25) is 0 Å². The molecule has 6 heteroatoms. The van der Waals surface area contributed by atoms with E-state index in [1.165, 1.54) is 25.0 Å². The van der Waals surface area contributed by atoms with Crippen LogP contribution in [0.15, 0.2) is 23.3 Å². The van der Waals surface area contributed by atoms with Crippen LogP contribution in [0.4, 0.5) is 0 Å². The molecule has 136 valence electrons. The summed E-state index contributed by atoms with van der Waals surface area (Å²) in [5, 5.41) is 3.70. The Balaban J connectivity index is 0.00000208. The fraction of sp³-hybridized carbons (Fsp3) is 0.722. The molecule has 0 amide bonds. The lowest BCUT2D eigenvalue weighted by atomic mass is 9.51. The standard InChI is InChI=1S/C18H30N4O.HI/c1-5-23-16-12-15(18(16)9-7-10-18)20-17(19-2)22(4)13-14-8-6-11-21(14)3;/h6,8,11,15-16H,5,7,9-10,12-13H2,1-4H3,(H,19,20);1H. The summed E-state index contributed by atoms with van der Waals surface area (Å²) < 4.78 is 8.10. The molecule has 1 spiro atoms. The van der Waals surface area contributed by atoms with Crippen molar-refractivity contribution in [2.24, 2.45) is 17.5 Å². The highest BCUT2D eigenvalue weighted by Gasteiger charge is 2.59. The summed E-state index contributed by atoms with van der Waals surface area (Å²) in [5.41, 5.74) is 1.65. The van der Waals surface area contributed by atoms with Gasteiger partial charge in [-0.05, 0) is 38.3 Å². The van der Waals surface area contributed by atoms with Crippen LogP contribution in [0, 0.1) is 5.41 Å². The maximum Gasteiger partial charge on any atom is 0.193 e. The van der Waals surface area contributed by atoms with Crippen LogP contribution in [-0.4, -0.2) is 48.3 Å². The number of nitrogens with one attached hydrogen (secondary N) is 1. The number of ether oxygens (including phenoxy) is 1. The van der Waals surface area contributed by atoms with Crippen LogP contribution in [0.5, 0.6) is 0 Å². The third-order valence-electron chi connectivity index (χ3n) is 5.76. The Morgan fingerprint density at radius 3 is 2.75 bits per heavy atom. The fourth-order valence-electron chi connectivity index (χ4n) is 4.12. The van der Waals surface area contributed by atoms with Gasteiger partial charge in [0.1, 0.15) is 0 Å². The molecule has 1 heterocycles. The number of hydrogen-bond acceptors (Lipinski definition) is 2. The first-order valence-electron chi connectivity index (χ1n) is 8.77. The van der Waals surface area contributed by atoms with Gasteiger partial charge in [-0.3, -0.25) is 4.99 Å². The smallest absolute Gasteiger partial charge is 0.193 e. The minimum Gasteiger partial charge on any atom is -0.378 e. The molecule has 24 heavy (non-hydrogen) atoms. The largest absolute Gasteiger partial charge is 0.378 e. The molecule has 2 atom stereocenters. The van der Waals surface area contributed by atoms with Crippen LogP contribution >= 0.6 is 24.0 Å². The molecule has 0 radical (unpaired) electrons. The number of aromatic nitrogens is 1. The zero-order valence-corrected chi connectivity index (χ0v) is 17.6. The summed E-state index contributed by atoms with van der Waals surface area (Å²) in [5.74, 6) is 0.984. The van der Waals surface area contributed by atoms with E-state index in [1.807, 2.05) is 7.05 Å². The maximum absolute atomic E-state index is 5.95. The number of guanidine groups is 1. The van der Waals surface area contributed by atoms with Crippen LogP contribution in [0.1, 0.15) is 38.3 Å². The van der Waals surface area contributed by atoms with Gasteiger partial charge in [0.05, 0.1) is 12.6 Å². The van der Waals surface area contributed by atoms with E-state index in [-0.39, 0.29) is 24.0 Å². The second kappa shape index (κ2) is 8.08. The maximum atomic E-state index is 5.95. The first-order chi connectivity index (χ1) is 11.1. The van der Waals surface area contributed by atoms with Gasteiger partial charge in [-0.1, -0.05) is 6.42 Å². The lowest BCUT2D eigenvalue weighted by molar-refractivity contribution is -0.168. The van der Waals surface area contributed by atoms with Crippen molar-refractivity contribution in [2.75, 3.05) is 20.7 Å². The second-order valence-electron chi connectivity index (χ2n) is 6.98. The number of aryl methyl sites for hydroxylation is 1. The highest BCUT2D eigenvalue weighted by atomic mass is 127. The van der Waals surface area contributed by atoms with Crippen molar-refractivity contribution in [2.45, 2.75) is 51.3 Å². The molecule has 2 unspecified atom stereocenters. The molecular weight excluding hydrogens is 415 g/mol. The van der Waals surface area contributed by atoms with E-state index in [9.17, 15) is 0 Å². The Hall–Kier alpha value is -0.760. The lowest BCUT2D eigenvalue weighted by Crippen LogP contribution is -2.68. The molecule has 1 N–H and O–H groups in total. The van der Waals surface area contributed by atoms with Crippen LogP contribution < -0.4 is 5.32 Å². The van der Waals surface area contributed by atoms with Gasteiger partial charge in [-0.15, -0.1) is 24.0 Å². The predicted octanol–water partition coefficient (Wildman–Crippen LogP) is 3.00. The van der Waals surface area contributed by atoms with E-state index in [4.69, 9.17) is 4.74 Å². The Morgan fingerprint density at radius 2 is 2.25 bits per heavy atom. The molecule has 0 aromatic carbocycles. The van der Waals surface area contributed by atoms with Crippen molar-refractivity contribution >= 4 is 29.9 Å². The van der Waals surface area contributed by atoms with E-state index in [0.29, 0.717) is 17.6 Å². The number of hydrogen-bond donors (Lipinski definition) is 1. The monoisotopic (exact) mass is 446 g/mol. The SMILES string of the molecule is CCOC1CC(NC(=NC)N(C)Cc2cccn2C)C12CCC2.I. The number of aliphatic imine (C=N–C) groups is 1. The second-order valence-corrected chi connectivity index (χ2v) is 6.98. The van der Waals surface area contributed by atoms with Gasteiger partial charge in [0.2, 0.25) is 0 Å². The summed E-state index contributed by atoms with van der Waals surface area (Å²) in [6.45, 7) is 3.78. The summed E-state index contributed by atoms with van der Waals surface area (Å²) in [4.78, 5) is 6.70. The van der Waals surface area contributed by atoms with Crippen molar-refractivity contribution in [1.29, 1.82) is 0 Å². The lowest BCUT2D eigenvalue weighted by Gasteiger charge is -2.61. The van der Waals surface area contributed by atoms with Crippen molar-refractivity contribution in [3.63, 3.8) is 0 Å². The summed E-state index contributed by atoms with van der Waals surface area (Å²) in [6, 6.07) is 4.75. The van der Waals surface area contributed by atoms with E-state index < -0.39 is 0 Å². The van der Waals surface area contributed by atoms with Gasteiger partial charge >= 0.3 is 0 Å². The molecule has 2 aliphatic carbocycles. The highest BCUT2D eigenvalue weighted by molar-refractivity contribution is 14.0. The van der Waals surface area contributed by atoms with E-state index >= 15 is 0 Å². The zero-order chi connectivity index (χ0) is 16.4. The Kier molecular flexibility index (Phi) is 6.59. The van der Waals surface area contributed by atoms with Crippen LogP contribution in [0.25, 0.3) is 0 Å². The van der Waals surface area contributed by atoms with Crippen LogP contribution in [-0.2, 0) is 18.3 Å². The molecular formula is C18H31IN4O. The van der Waals surface area contributed by atoms with Gasteiger partial charge in [0, 0.05) is 51.1 Å². The number of nitrogens with zero attached hydrogens (tertiary/aromatic N) is 3. The number of rotatable bonds is 5. The van der Waals surface area contributed by atoms with E-state index in [0.717, 1.165) is 25.5 Å². The molecule has 3 rings (SSSR count). The summed E-state index contributed by atoms with van der Waals surface area (Å²) >= 11 is 0. The molecule has 1 aromatic heterocycles. The highest BCUT2D eigenvalue weighted by Crippen LogP contribution is 2.57. The third kappa shape index (κ3) is 3.45. The average molecular weight is 446 g/mol. The molecule has 2 aliphatic rings. The fourth-order valence-corrected chi connectivity index (χ4v) is 4.12. The van der Waals surface area contributed by atoms with Crippen LogP contribution in [0.3, 0.4) is 0 Å². The average Bonchev–Trinajstić information content (AvgIpc) is 2.85. The van der Waals surface area contributed by atoms with Crippen molar-refractivity contribution in [3.05, 3.63) is 24.0 Å². The van der Waals surface area contributed by atoms with E-state index in [2.05, 4.69) is 59.1 Å². The van der Waals surface area contributed by atoms with Gasteiger partial charge in [0.25, 0.3) is 0 Å². The van der Waals surface area contributed by atoms with Gasteiger partial charge in [-0.25, -0.2) is 0 Å². The zero-order valence-electron chi connectivity index (χ0n) is 15.3. The molecule has 0 bridgehead atoms. The Bertz CT molecular complexity index is 567. The summed E-state index contributed by atoms with van der Waals surface area (Å²) in [6.07, 6.45) is 7.53. The first-order valence-corrected chi connectivity index (χ1v) is 8.77. The molecule has 2 fully saturated rings. The predicted molar refractivity (Wildman–Crippen MR) is 109 cm³/mol. The number of halogens is 1. The Labute approximate surface area is 162 Å².